The summed E-state index contributed by atoms with van der Waals surface area (Å²) in [6.07, 6.45) is 1.53. The maximum absolute atomic E-state index is 12.5. The van der Waals surface area contributed by atoms with E-state index in [4.69, 9.17) is 4.42 Å². The molecule has 0 spiro atoms. The van der Waals surface area contributed by atoms with Crippen LogP contribution in [0.3, 0.4) is 0 Å². The number of fused-ring (bicyclic) bond motifs is 1. The predicted octanol–water partition coefficient (Wildman–Crippen LogP) is 5.02. The van der Waals surface area contributed by atoms with Crippen LogP contribution in [0, 0.1) is 6.92 Å². The topological polar surface area (TPSA) is 30.2 Å². The number of hydrogen-bond donors (Lipinski definition) is 0. The average molecular weight is 347 g/mol. The van der Waals surface area contributed by atoms with Crippen LogP contribution in [0.4, 0.5) is 0 Å². The van der Waals surface area contributed by atoms with Crippen molar-refractivity contribution in [2.45, 2.75) is 16.7 Å². The highest BCUT2D eigenvalue weighted by Crippen LogP contribution is 2.28. The third-order valence-corrected chi connectivity index (χ3v) is 4.48. The molecule has 0 radical (unpaired) electrons. The Kier molecular flexibility index (Phi) is 3.68. The van der Waals surface area contributed by atoms with Gasteiger partial charge in [0.1, 0.15) is 11.8 Å². The van der Waals surface area contributed by atoms with Crippen LogP contribution in [0.5, 0.6) is 0 Å². The molecule has 0 saturated carbocycles. The van der Waals surface area contributed by atoms with Crippen molar-refractivity contribution in [1.29, 1.82) is 0 Å². The highest BCUT2D eigenvalue weighted by atomic mass is 79.9. The summed E-state index contributed by atoms with van der Waals surface area (Å²) in [6.45, 7) is 1.97. The van der Waals surface area contributed by atoms with Crippen molar-refractivity contribution in [1.82, 2.24) is 0 Å². The smallest absolute Gasteiger partial charge is 0.206 e. The molecule has 0 unspecified atom stereocenters. The van der Waals surface area contributed by atoms with Gasteiger partial charge in [0.25, 0.3) is 0 Å². The average Bonchev–Trinajstić information content (AvgIpc) is 2.45. The van der Waals surface area contributed by atoms with Gasteiger partial charge in [-0.3, -0.25) is 4.79 Å². The molecule has 4 heteroatoms. The fraction of sp³-hybridized carbons (Fsp3) is 0.0625. The van der Waals surface area contributed by atoms with E-state index in [-0.39, 0.29) is 5.43 Å². The van der Waals surface area contributed by atoms with Crippen LogP contribution >= 0.6 is 27.7 Å². The number of aryl methyl sites for hydroxylation is 1. The van der Waals surface area contributed by atoms with Gasteiger partial charge in [0, 0.05) is 9.37 Å². The molecule has 3 aromatic rings. The van der Waals surface area contributed by atoms with E-state index in [1.54, 1.807) is 0 Å². The molecule has 3 rings (SSSR count). The van der Waals surface area contributed by atoms with Gasteiger partial charge in [0.15, 0.2) is 0 Å². The normalized spacial score (nSPS) is 10.9. The Bertz CT molecular complexity index is 822. The molecule has 0 N–H and O–H groups in total. The van der Waals surface area contributed by atoms with Crippen LogP contribution in [0.2, 0.25) is 0 Å². The zero-order valence-corrected chi connectivity index (χ0v) is 13.1. The maximum Gasteiger partial charge on any atom is 0.206 e. The van der Waals surface area contributed by atoms with Gasteiger partial charge >= 0.3 is 0 Å². The summed E-state index contributed by atoms with van der Waals surface area (Å²) in [5, 5.41) is 0.632. The SMILES string of the molecule is Cc1ccc2occ(Sc3ccc(Br)cc3)c(=O)c2c1. The van der Waals surface area contributed by atoms with E-state index in [2.05, 4.69) is 15.9 Å². The summed E-state index contributed by atoms with van der Waals surface area (Å²) in [6, 6.07) is 13.5. The van der Waals surface area contributed by atoms with Gasteiger partial charge in [-0.2, -0.15) is 0 Å². The summed E-state index contributed by atoms with van der Waals surface area (Å²) in [5.41, 5.74) is 1.69. The minimum absolute atomic E-state index is 0.0165. The van der Waals surface area contributed by atoms with Gasteiger partial charge in [-0.25, -0.2) is 0 Å². The second kappa shape index (κ2) is 5.46. The predicted molar refractivity (Wildman–Crippen MR) is 85.5 cm³/mol. The molecule has 2 aromatic carbocycles. The van der Waals surface area contributed by atoms with Crippen molar-refractivity contribution < 1.29 is 4.42 Å². The molecule has 1 aromatic heterocycles. The van der Waals surface area contributed by atoms with Crippen molar-refractivity contribution in [2.24, 2.45) is 0 Å². The van der Waals surface area contributed by atoms with Crippen molar-refractivity contribution >= 4 is 38.7 Å². The Morgan fingerprint density at radius 1 is 1.10 bits per heavy atom. The molecule has 0 bridgehead atoms. The number of halogens is 1. The van der Waals surface area contributed by atoms with E-state index in [0.717, 1.165) is 14.9 Å². The summed E-state index contributed by atoms with van der Waals surface area (Å²) in [7, 11) is 0. The first-order chi connectivity index (χ1) is 9.63. The highest BCUT2D eigenvalue weighted by Gasteiger charge is 2.08. The maximum atomic E-state index is 12.5. The van der Waals surface area contributed by atoms with Crippen LogP contribution < -0.4 is 5.43 Å². The van der Waals surface area contributed by atoms with Gasteiger partial charge in [0.2, 0.25) is 5.43 Å². The van der Waals surface area contributed by atoms with Crippen molar-refractivity contribution in [2.75, 3.05) is 0 Å². The molecular weight excluding hydrogens is 336 g/mol. The summed E-state index contributed by atoms with van der Waals surface area (Å²) >= 11 is 4.81. The molecule has 100 valence electrons. The van der Waals surface area contributed by atoms with Crippen molar-refractivity contribution in [3.05, 3.63) is 69.0 Å². The Hall–Kier alpha value is -1.52. The first-order valence-corrected chi connectivity index (χ1v) is 7.70. The minimum atomic E-state index is 0.0165. The van der Waals surface area contributed by atoms with E-state index < -0.39 is 0 Å². The van der Waals surface area contributed by atoms with Gasteiger partial charge in [0.05, 0.1) is 10.3 Å². The Morgan fingerprint density at radius 2 is 1.85 bits per heavy atom. The Labute approximate surface area is 128 Å². The lowest BCUT2D eigenvalue weighted by molar-refractivity contribution is 0.587. The fourth-order valence-corrected chi connectivity index (χ4v) is 3.02. The van der Waals surface area contributed by atoms with E-state index in [1.807, 2.05) is 49.4 Å². The third kappa shape index (κ3) is 2.67. The van der Waals surface area contributed by atoms with Crippen LogP contribution in [0.15, 0.2) is 72.2 Å². The zero-order chi connectivity index (χ0) is 14.1. The van der Waals surface area contributed by atoms with E-state index in [0.29, 0.717) is 15.9 Å². The molecule has 2 nitrogen and oxygen atoms in total. The number of benzene rings is 2. The first-order valence-electron chi connectivity index (χ1n) is 6.09. The van der Waals surface area contributed by atoms with E-state index in [1.165, 1.54) is 18.0 Å². The molecule has 20 heavy (non-hydrogen) atoms. The van der Waals surface area contributed by atoms with Crippen LogP contribution in [-0.2, 0) is 0 Å². The van der Waals surface area contributed by atoms with Gasteiger partial charge < -0.3 is 4.42 Å². The summed E-state index contributed by atoms with van der Waals surface area (Å²) in [5.74, 6) is 0. The summed E-state index contributed by atoms with van der Waals surface area (Å²) in [4.78, 5) is 14.1. The second-order valence-electron chi connectivity index (χ2n) is 4.48. The minimum Gasteiger partial charge on any atom is -0.463 e. The van der Waals surface area contributed by atoms with Crippen molar-refractivity contribution in [3.63, 3.8) is 0 Å². The second-order valence-corrected chi connectivity index (χ2v) is 6.52. The molecular formula is C16H11BrO2S. The monoisotopic (exact) mass is 346 g/mol. The number of hydrogen-bond acceptors (Lipinski definition) is 3. The molecule has 0 amide bonds. The third-order valence-electron chi connectivity index (χ3n) is 2.94. The molecule has 0 aliphatic rings. The largest absolute Gasteiger partial charge is 0.463 e. The van der Waals surface area contributed by atoms with Crippen molar-refractivity contribution in [3.8, 4) is 0 Å². The summed E-state index contributed by atoms with van der Waals surface area (Å²) < 4.78 is 6.56. The lowest BCUT2D eigenvalue weighted by atomic mass is 10.1. The molecule has 0 atom stereocenters. The molecule has 0 saturated heterocycles. The van der Waals surface area contributed by atoms with E-state index in [9.17, 15) is 4.79 Å². The van der Waals surface area contributed by atoms with Crippen LogP contribution in [0.1, 0.15) is 5.56 Å². The van der Waals surface area contributed by atoms with Crippen LogP contribution in [0.25, 0.3) is 11.0 Å². The quantitative estimate of drug-likeness (QED) is 0.652. The first kappa shape index (κ1) is 13.5. The standard InChI is InChI=1S/C16H11BrO2S/c1-10-2-7-14-13(8-10)16(18)15(9-19-14)20-12-5-3-11(17)4-6-12/h2-9H,1H3. The van der Waals surface area contributed by atoms with Crippen LogP contribution in [-0.4, -0.2) is 0 Å². The lowest BCUT2D eigenvalue weighted by Crippen LogP contribution is -2.03. The molecule has 0 fully saturated rings. The van der Waals surface area contributed by atoms with Gasteiger partial charge in [-0.15, -0.1) is 0 Å². The Morgan fingerprint density at radius 3 is 2.60 bits per heavy atom. The number of rotatable bonds is 2. The molecule has 0 aliphatic heterocycles. The Balaban J connectivity index is 2.06. The van der Waals surface area contributed by atoms with Gasteiger partial charge in [-0.05, 0) is 43.3 Å². The fourth-order valence-electron chi connectivity index (χ4n) is 1.93. The lowest BCUT2D eigenvalue weighted by Gasteiger charge is -2.03. The van der Waals surface area contributed by atoms with Gasteiger partial charge in [-0.1, -0.05) is 39.3 Å². The highest BCUT2D eigenvalue weighted by molar-refractivity contribution is 9.10. The molecule has 1 heterocycles. The van der Waals surface area contributed by atoms with E-state index >= 15 is 0 Å². The zero-order valence-electron chi connectivity index (χ0n) is 10.7. The molecule has 0 aliphatic carbocycles.